The summed E-state index contributed by atoms with van der Waals surface area (Å²) in [4.78, 5) is 25.4. The maximum atomic E-state index is 13.7. The molecule has 0 N–H and O–H groups in total. The molecule has 0 unspecified atom stereocenters. The molecular weight excluding hydrogens is 317 g/mol. The zero-order valence-electron chi connectivity index (χ0n) is 12.1. The van der Waals surface area contributed by atoms with Gasteiger partial charge in [-0.15, -0.1) is 0 Å². The summed E-state index contributed by atoms with van der Waals surface area (Å²) in [5.74, 6) is -1.32. The van der Waals surface area contributed by atoms with Crippen molar-refractivity contribution in [1.82, 2.24) is 0 Å². The van der Waals surface area contributed by atoms with E-state index in [9.17, 15) is 22.8 Å². The van der Waals surface area contributed by atoms with E-state index >= 15 is 0 Å². The van der Waals surface area contributed by atoms with Crippen LogP contribution in [0, 0.1) is 0 Å². The van der Waals surface area contributed by atoms with E-state index in [-0.39, 0.29) is 27.5 Å². The van der Waals surface area contributed by atoms with Gasteiger partial charge in [-0.2, -0.15) is 13.2 Å². The van der Waals surface area contributed by atoms with Crippen LogP contribution in [0.1, 0.15) is 37.4 Å². The number of rotatable bonds is 0. The van der Waals surface area contributed by atoms with Crippen LogP contribution in [0.3, 0.4) is 0 Å². The average molecular weight is 326 g/mol. The Balaban J connectivity index is 2.19. The zero-order valence-corrected chi connectivity index (χ0v) is 12.1. The number of alkyl halides is 3. The Morgan fingerprint density at radius 2 is 1.29 bits per heavy atom. The number of carbonyl (C=O) groups is 2. The predicted octanol–water partition coefficient (Wildman–Crippen LogP) is 4.63. The molecular formula is C19H9F3O2. The highest BCUT2D eigenvalue weighted by Crippen LogP contribution is 2.42. The van der Waals surface area contributed by atoms with Crippen molar-refractivity contribution in [1.29, 1.82) is 0 Å². The standard InChI is InChI=1S/C19H9F3O2/c20-19(21,22)16-11-6-2-1-5-10(11)9-14-15(16)18(24)13-8-4-3-7-12(13)17(14)23/h1-9H. The molecule has 0 bridgehead atoms. The third-order valence-corrected chi connectivity index (χ3v) is 4.22. The molecule has 118 valence electrons. The Hall–Kier alpha value is -2.95. The lowest BCUT2D eigenvalue weighted by atomic mass is 9.80. The summed E-state index contributed by atoms with van der Waals surface area (Å²) in [5.41, 5.74) is -1.63. The minimum absolute atomic E-state index is 0.00998. The molecule has 1 aliphatic rings. The topological polar surface area (TPSA) is 34.1 Å². The Labute approximate surface area is 134 Å². The van der Waals surface area contributed by atoms with Crippen molar-refractivity contribution in [3.05, 3.63) is 82.4 Å². The molecule has 0 aliphatic heterocycles. The molecule has 0 saturated heterocycles. The van der Waals surface area contributed by atoms with E-state index in [1.54, 1.807) is 12.1 Å². The van der Waals surface area contributed by atoms with E-state index in [0.29, 0.717) is 0 Å². The lowest BCUT2D eigenvalue weighted by molar-refractivity contribution is -0.136. The molecule has 0 radical (unpaired) electrons. The van der Waals surface area contributed by atoms with Crippen LogP contribution in [-0.4, -0.2) is 11.6 Å². The van der Waals surface area contributed by atoms with Gasteiger partial charge in [-0.25, -0.2) is 0 Å². The smallest absolute Gasteiger partial charge is 0.289 e. The lowest BCUT2D eigenvalue weighted by Crippen LogP contribution is -2.25. The van der Waals surface area contributed by atoms with Gasteiger partial charge < -0.3 is 0 Å². The number of ketones is 2. The molecule has 0 atom stereocenters. The molecule has 0 heterocycles. The van der Waals surface area contributed by atoms with Gasteiger partial charge in [-0.1, -0.05) is 48.5 Å². The zero-order chi connectivity index (χ0) is 17.1. The minimum atomic E-state index is -4.74. The molecule has 3 aromatic rings. The SMILES string of the molecule is O=C1c2ccccc2C(=O)c2c1cc1ccccc1c2C(F)(F)F. The molecule has 2 nitrogen and oxygen atoms in total. The van der Waals surface area contributed by atoms with Crippen LogP contribution < -0.4 is 0 Å². The van der Waals surface area contributed by atoms with E-state index in [0.717, 1.165) is 0 Å². The number of hydrogen-bond acceptors (Lipinski definition) is 2. The van der Waals surface area contributed by atoms with Crippen LogP contribution >= 0.6 is 0 Å². The molecule has 0 fully saturated rings. The van der Waals surface area contributed by atoms with Crippen molar-refractivity contribution in [2.45, 2.75) is 6.18 Å². The number of carbonyl (C=O) groups excluding carboxylic acids is 2. The number of fused-ring (bicyclic) bond motifs is 3. The summed E-state index contributed by atoms with van der Waals surface area (Å²) >= 11 is 0. The van der Waals surface area contributed by atoms with Gasteiger partial charge in [0.1, 0.15) is 0 Å². The van der Waals surface area contributed by atoms with E-state index in [2.05, 4.69) is 0 Å². The number of hydrogen-bond donors (Lipinski definition) is 0. The highest BCUT2D eigenvalue weighted by molar-refractivity contribution is 6.30. The second-order valence-electron chi connectivity index (χ2n) is 5.60. The van der Waals surface area contributed by atoms with Crippen molar-refractivity contribution in [2.75, 3.05) is 0 Å². The van der Waals surface area contributed by atoms with Gasteiger partial charge in [0.25, 0.3) is 0 Å². The van der Waals surface area contributed by atoms with Crippen LogP contribution in [0.2, 0.25) is 0 Å². The fourth-order valence-electron chi connectivity index (χ4n) is 3.22. The Morgan fingerprint density at radius 3 is 1.96 bits per heavy atom. The normalized spacial score (nSPS) is 13.8. The summed E-state index contributed by atoms with van der Waals surface area (Å²) in [5, 5.41) is 0.202. The highest BCUT2D eigenvalue weighted by atomic mass is 19.4. The number of benzene rings is 3. The van der Waals surface area contributed by atoms with Crippen LogP contribution in [-0.2, 0) is 6.18 Å². The summed E-state index contributed by atoms with van der Waals surface area (Å²) in [7, 11) is 0. The number of halogens is 3. The Morgan fingerprint density at radius 1 is 0.708 bits per heavy atom. The second kappa shape index (κ2) is 4.77. The summed E-state index contributed by atoms with van der Waals surface area (Å²) in [6, 6.07) is 13.2. The molecule has 0 amide bonds. The van der Waals surface area contributed by atoms with Crippen molar-refractivity contribution in [3.63, 3.8) is 0 Å². The first-order valence-electron chi connectivity index (χ1n) is 7.21. The van der Waals surface area contributed by atoms with Crippen LogP contribution in [0.5, 0.6) is 0 Å². The predicted molar refractivity (Wildman–Crippen MR) is 82.3 cm³/mol. The van der Waals surface area contributed by atoms with Crippen molar-refractivity contribution in [2.24, 2.45) is 0 Å². The van der Waals surface area contributed by atoms with Crippen molar-refractivity contribution >= 4 is 22.3 Å². The van der Waals surface area contributed by atoms with E-state index in [1.165, 1.54) is 42.5 Å². The van der Waals surface area contributed by atoms with Crippen molar-refractivity contribution in [3.8, 4) is 0 Å². The van der Waals surface area contributed by atoms with Gasteiger partial charge >= 0.3 is 6.18 Å². The van der Waals surface area contributed by atoms with E-state index in [4.69, 9.17) is 0 Å². The van der Waals surface area contributed by atoms with Gasteiger partial charge in [0.15, 0.2) is 11.6 Å². The van der Waals surface area contributed by atoms with Gasteiger partial charge in [0, 0.05) is 22.3 Å². The van der Waals surface area contributed by atoms with E-state index < -0.39 is 28.9 Å². The van der Waals surface area contributed by atoms with Gasteiger partial charge in [0.05, 0.1) is 5.56 Å². The molecule has 0 aromatic heterocycles. The summed E-state index contributed by atoms with van der Waals surface area (Å²) < 4.78 is 41.2. The molecule has 3 aromatic carbocycles. The molecule has 1 aliphatic carbocycles. The second-order valence-corrected chi connectivity index (χ2v) is 5.60. The first-order chi connectivity index (χ1) is 11.4. The molecule has 4 rings (SSSR count). The maximum Gasteiger partial charge on any atom is 0.417 e. The van der Waals surface area contributed by atoms with Gasteiger partial charge in [-0.05, 0) is 16.8 Å². The summed E-state index contributed by atoms with van der Waals surface area (Å²) in [6.07, 6.45) is -4.74. The molecule has 24 heavy (non-hydrogen) atoms. The van der Waals surface area contributed by atoms with Crippen LogP contribution in [0.15, 0.2) is 54.6 Å². The van der Waals surface area contributed by atoms with Gasteiger partial charge in [0.2, 0.25) is 0 Å². The monoisotopic (exact) mass is 326 g/mol. The average Bonchev–Trinajstić information content (AvgIpc) is 2.57. The largest absolute Gasteiger partial charge is 0.417 e. The Bertz CT molecular complexity index is 1030. The highest BCUT2D eigenvalue weighted by Gasteiger charge is 2.42. The first-order valence-corrected chi connectivity index (χ1v) is 7.21. The molecule has 0 spiro atoms. The van der Waals surface area contributed by atoms with Crippen LogP contribution in [0.4, 0.5) is 13.2 Å². The summed E-state index contributed by atoms with van der Waals surface area (Å²) in [6.45, 7) is 0. The molecule has 0 saturated carbocycles. The molecule has 5 heteroatoms. The minimum Gasteiger partial charge on any atom is -0.289 e. The van der Waals surface area contributed by atoms with E-state index in [1.807, 2.05) is 0 Å². The first kappa shape index (κ1) is 14.6. The quantitative estimate of drug-likeness (QED) is 0.472. The fourth-order valence-corrected chi connectivity index (χ4v) is 3.22. The third-order valence-electron chi connectivity index (χ3n) is 4.22. The van der Waals surface area contributed by atoms with Crippen molar-refractivity contribution < 1.29 is 22.8 Å². The van der Waals surface area contributed by atoms with Gasteiger partial charge in [-0.3, -0.25) is 9.59 Å². The maximum absolute atomic E-state index is 13.7. The lowest BCUT2D eigenvalue weighted by Gasteiger charge is -2.23. The Kier molecular flexibility index (Phi) is 2.91. The third kappa shape index (κ3) is 1.91. The fraction of sp³-hybridized carbons (Fsp3) is 0.0526. The van der Waals surface area contributed by atoms with Crippen LogP contribution in [0.25, 0.3) is 10.8 Å².